The molecule has 3 rings (SSSR count). The van der Waals surface area contributed by atoms with Crippen LogP contribution in [0.5, 0.6) is 0 Å². The lowest BCUT2D eigenvalue weighted by atomic mass is 10.2. The van der Waals surface area contributed by atoms with Crippen molar-refractivity contribution in [3.63, 3.8) is 0 Å². The van der Waals surface area contributed by atoms with Crippen molar-refractivity contribution in [3.8, 4) is 0 Å². The van der Waals surface area contributed by atoms with Gasteiger partial charge in [-0.1, -0.05) is 0 Å². The van der Waals surface area contributed by atoms with E-state index in [0.29, 0.717) is 16.8 Å². The molecule has 3 aromatic rings. The molecular formula is C13H14F3N7. The lowest BCUT2D eigenvalue weighted by molar-refractivity contribution is -0.146. The Morgan fingerprint density at radius 2 is 2.09 bits per heavy atom. The highest BCUT2D eigenvalue weighted by molar-refractivity contribution is 5.44. The fourth-order valence-corrected chi connectivity index (χ4v) is 2.24. The quantitative estimate of drug-likeness (QED) is 0.768. The van der Waals surface area contributed by atoms with Gasteiger partial charge < -0.3 is 5.32 Å². The SMILES string of the molecule is Cc1cc(CC(C)Nc2ccc3nnc(C(F)(F)F)n3n2)n[nH]1. The van der Waals surface area contributed by atoms with Gasteiger partial charge in [0.1, 0.15) is 5.82 Å². The second-order valence-corrected chi connectivity index (χ2v) is 5.30. The highest BCUT2D eigenvalue weighted by Crippen LogP contribution is 2.27. The molecule has 0 fully saturated rings. The van der Waals surface area contributed by atoms with Gasteiger partial charge in [-0.25, -0.2) is 0 Å². The smallest absolute Gasteiger partial charge is 0.366 e. The molecule has 0 aliphatic carbocycles. The molecule has 122 valence electrons. The summed E-state index contributed by atoms with van der Waals surface area (Å²) in [7, 11) is 0. The average molecular weight is 325 g/mol. The van der Waals surface area contributed by atoms with E-state index in [0.717, 1.165) is 11.4 Å². The van der Waals surface area contributed by atoms with Crippen molar-refractivity contribution in [2.75, 3.05) is 5.32 Å². The van der Waals surface area contributed by atoms with Gasteiger partial charge >= 0.3 is 6.18 Å². The van der Waals surface area contributed by atoms with Crippen LogP contribution in [0.15, 0.2) is 18.2 Å². The first kappa shape index (κ1) is 15.3. The Morgan fingerprint density at radius 1 is 1.30 bits per heavy atom. The van der Waals surface area contributed by atoms with Crippen LogP contribution in [-0.4, -0.2) is 36.1 Å². The number of hydrogen-bond acceptors (Lipinski definition) is 5. The molecule has 0 aromatic carbocycles. The normalized spacial score (nSPS) is 13.4. The number of aromatic nitrogens is 6. The number of fused-ring (bicyclic) bond motifs is 1. The van der Waals surface area contributed by atoms with Crippen molar-refractivity contribution in [1.82, 2.24) is 30.0 Å². The van der Waals surface area contributed by atoms with Crippen molar-refractivity contribution in [1.29, 1.82) is 0 Å². The largest absolute Gasteiger partial charge is 0.453 e. The van der Waals surface area contributed by atoms with E-state index >= 15 is 0 Å². The molecular weight excluding hydrogens is 311 g/mol. The van der Waals surface area contributed by atoms with Gasteiger partial charge in [0.05, 0.1) is 5.69 Å². The summed E-state index contributed by atoms with van der Waals surface area (Å²) in [5, 5.41) is 20.5. The Morgan fingerprint density at radius 3 is 2.74 bits per heavy atom. The highest BCUT2D eigenvalue weighted by Gasteiger charge is 2.37. The first-order chi connectivity index (χ1) is 10.8. The Balaban J connectivity index is 1.80. The molecule has 10 heteroatoms. The Kier molecular flexibility index (Phi) is 3.66. The van der Waals surface area contributed by atoms with Crippen LogP contribution in [0.25, 0.3) is 5.65 Å². The van der Waals surface area contributed by atoms with Gasteiger partial charge in [-0.15, -0.1) is 15.3 Å². The lowest BCUT2D eigenvalue weighted by Crippen LogP contribution is -2.20. The summed E-state index contributed by atoms with van der Waals surface area (Å²) in [6, 6.07) is 4.85. The monoisotopic (exact) mass is 325 g/mol. The maximum Gasteiger partial charge on any atom is 0.453 e. The molecule has 3 heterocycles. The third-order valence-electron chi connectivity index (χ3n) is 3.18. The van der Waals surface area contributed by atoms with Crippen LogP contribution in [0.2, 0.25) is 0 Å². The number of aromatic amines is 1. The first-order valence-electron chi connectivity index (χ1n) is 6.90. The molecule has 0 radical (unpaired) electrons. The van der Waals surface area contributed by atoms with Crippen LogP contribution in [-0.2, 0) is 12.6 Å². The fraction of sp³-hybridized carbons (Fsp3) is 0.385. The summed E-state index contributed by atoms with van der Waals surface area (Å²) >= 11 is 0. The number of anilines is 1. The molecule has 0 spiro atoms. The van der Waals surface area contributed by atoms with Gasteiger partial charge in [0.2, 0.25) is 0 Å². The van der Waals surface area contributed by atoms with Gasteiger partial charge in [0.15, 0.2) is 5.65 Å². The number of nitrogens with zero attached hydrogens (tertiary/aromatic N) is 5. The standard InChI is InChI=1S/C13H14F3N7/c1-7(5-9-6-8(2)18-19-9)17-10-3-4-11-20-21-12(13(14,15)16)23(11)22-10/h3-4,6-7H,5H2,1-2H3,(H,17,22)(H,18,19). The Labute approximate surface area is 128 Å². The second-order valence-electron chi connectivity index (χ2n) is 5.30. The summed E-state index contributed by atoms with van der Waals surface area (Å²) in [4.78, 5) is 0. The van der Waals surface area contributed by atoms with Crippen molar-refractivity contribution >= 4 is 11.5 Å². The lowest BCUT2D eigenvalue weighted by Gasteiger charge is -2.13. The summed E-state index contributed by atoms with van der Waals surface area (Å²) in [6.07, 6.45) is -4.00. The van der Waals surface area contributed by atoms with Crippen molar-refractivity contribution < 1.29 is 13.2 Å². The molecule has 23 heavy (non-hydrogen) atoms. The van der Waals surface area contributed by atoms with E-state index in [1.165, 1.54) is 6.07 Å². The number of nitrogens with one attached hydrogen (secondary N) is 2. The van der Waals surface area contributed by atoms with E-state index in [4.69, 9.17) is 0 Å². The summed E-state index contributed by atoms with van der Waals surface area (Å²) in [5.41, 5.74) is 1.85. The molecule has 0 bridgehead atoms. The van der Waals surface area contributed by atoms with Crippen LogP contribution in [0.1, 0.15) is 24.1 Å². The molecule has 0 saturated carbocycles. The number of halogens is 3. The van der Waals surface area contributed by atoms with E-state index in [1.54, 1.807) is 6.07 Å². The second kappa shape index (κ2) is 5.52. The number of alkyl halides is 3. The molecule has 7 nitrogen and oxygen atoms in total. The number of H-pyrrole nitrogens is 1. The van der Waals surface area contributed by atoms with Crippen LogP contribution in [0, 0.1) is 6.92 Å². The third-order valence-corrected chi connectivity index (χ3v) is 3.18. The Hall–Kier alpha value is -2.65. The van der Waals surface area contributed by atoms with Crippen LogP contribution >= 0.6 is 0 Å². The molecule has 1 atom stereocenters. The van der Waals surface area contributed by atoms with Crippen molar-refractivity contribution in [2.45, 2.75) is 32.5 Å². The van der Waals surface area contributed by atoms with Crippen LogP contribution in [0.4, 0.5) is 19.0 Å². The summed E-state index contributed by atoms with van der Waals surface area (Å²) < 4.78 is 39.2. The molecule has 1 unspecified atom stereocenters. The number of rotatable bonds is 4. The first-order valence-corrected chi connectivity index (χ1v) is 6.90. The summed E-state index contributed by atoms with van der Waals surface area (Å²) in [5.74, 6) is -0.839. The maximum absolute atomic E-state index is 12.8. The zero-order chi connectivity index (χ0) is 16.6. The molecule has 0 amide bonds. The van der Waals surface area contributed by atoms with Crippen LogP contribution in [0.3, 0.4) is 0 Å². The molecule has 2 N–H and O–H groups in total. The predicted molar refractivity (Wildman–Crippen MR) is 75.9 cm³/mol. The molecule has 3 aromatic heterocycles. The third kappa shape index (κ3) is 3.25. The van der Waals surface area contributed by atoms with Gasteiger partial charge in [-0.3, -0.25) is 5.10 Å². The van der Waals surface area contributed by atoms with Gasteiger partial charge in [-0.2, -0.15) is 22.8 Å². The maximum atomic E-state index is 12.8. The minimum absolute atomic E-state index is 0.0402. The molecule has 0 aliphatic rings. The minimum Gasteiger partial charge on any atom is -0.366 e. The predicted octanol–water partition coefficient (Wildman–Crippen LogP) is 2.22. The zero-order valence-electron chi connectivity index (χ0n) is 12.4. The summed E-state index contributed by atoms with van der Waals surface area (Å²) in [6.45, 7) is 3.79. The zero-order valence-corrected chi connectivity index (χ0v) is 12.4. The Bertz CT molecular complexity index is 820. The van der Waals surface area contributed by atoms with Gasteiger partial charge in [-0.05, 0) is 32.0 Å². The topological polar surface area (TPSA) is 83.8 Å². The van der Waals surface area contributed by atoms with E-state index in [1.807, 2.05) is 19.9 Å². The highest BCUT2D eigenvalue weighted by atomic mass is 19.4. The van der Waals surface area contributed by atoms with Gasteiger partial charge in [0.25, 0.3) is 5.82 Å². The van der Waals surface area contributed by atoms with Gasteiger partial charge in [0, 0.05) is 18.2 Å². The number of hydrogen-bond donors (Lipinski definition) is 2. The van der Waals surface area contributed by atoms with E-state index in [9.17, 15) is 13.2 Å². The van der Waals surface area contributed by atoms with Crippen LogP contribution < -0.4 is 5.32 Å². The van der Waals surface area contributed by atoms with E-state index < -0.39 is 12.0 Å². The van der Waals surface area contributed by atoms with Crippen molar-refractivity contribution in [3.05, 3.63) is 35.4 Å². The van der Waals surface area contributed by atoms with Crippen molar-refractivity contribution in [2.24, 2.45) is 0 Å². The molecule has 0 aliphatic heterocycles. The fourth-order valence-electron chi connectivity index (χ4n) is 2.24. The van der Waals surface area contributed by atoms with E-state index in [-0.39, 0.29) is 11.7 Å². The van der Waals surface area contributed by atoms with E-state index in [2.05, 4.69) is 30.8 Å². The molecule has 0 saturated heterocycles. The number of aryl methyl sites for hydroxylation is 1. The minimum atomic E-state index is -4.61. The average Bonchev–Trinajstić information content (AvgIpc) is 3.03.